The maximum Gasteiger partial charge on any atom is 0.341 e. The van der Waals surface area contributed by atoms with Crippen molar-refractivity contribution in [1.29, 1.82) is 0 Å². The molecule has 11 nitrogen and oxygen atoms in total. The highest BCUT2D eigenvalue weighted by Gasteiger charge is 2.49. The highest BCUT2D eigenvalue weighted by atomic mass is 32.2. The van der Waals surface area contributed by atoms with Crippen molar-refractivity contribution in [1.82, 2.24) is 10.6 Å². The van der Waals surface area contributed by atoms with Crippen LogP contribution in [0.1, 0.15) is 43.5 Å². The molecule has 9 atom stereocenters. The topological polar surface area (TPSA) is 156 Å². The summed E-state index contributed by atoms with van der Waals surface area (Å²) in [5.74, 6) is 0.293. The van der Waals surface area contributed by atoms with Gasteiger partial charge in [-0.15, -0.1) is 11.8 Å². The fourth-order valence-electron chi connectivity index (χ4n) is 5.01. The molecule has 0 aromatic heterocycles. The van der Waals surface area contributed by atoms with Gasteiger partial charge in [-0.1, -0.05) is 25.5 Å². The van der Waals surface area contributed by atoms with Crippen LogP contribution in [-0.4, -0.2) is 108 Å². The predicted molar refractivity (Wildman–Crippen MR) is 146 cm³/mol. The van der Waals surface area contributed by atoms with E-state index in [1.165, 1.54) is 14.2 Å². The maximum atomic E-state index is 13.1. The Balaban J connectivity index is 1.60. The number of carbonyl (C=O) groups is 2. The Hall–Kier alpha value is -1.93. The number of rotatable bonds is 13. The zero-order chi connectivity index (χ0) is 28.5. The second-order valence-electron chi connectivity index (χ2n) is 9.97. The third-order valence-corrected chi connectivity index (χ3v) is 8.43. The van der Waals surface area contributed by atoms with Crippen molar-refractivity contribution in [2.75, 3.05) is 33.1 Å². The molecule has 5 N–H and O–H groups in total. The number of amides is 1. The molecule has 1 aromatic rings. The van der Waals surface area contributed by atoms with E-state index in [1.807, 2.05) is 0 Å². The number of methoxy groups -OCH3 is 2. The summed E-state index contributed by atoms with van der Waals surface area (Å²) < 4.78 is 22.0. The smallest absolute Gasteiger partial charge is 0.341 e. The fourth-order valence-corrected chi connectivity index (χ4v) is 5.99. The van der Waals surface area contributed by atoms with Gasteiger partial charge >= 0.3 is 5.97 Å². The summed E-state index contributed by atoms with van der Waals surface area (Å²) in [4.78, 5) is 25.5. The van der Waals surface area contributed by atoms with Gasteiger partial charge in [0.05, 0.1) is 25.3 Å². The van der Waals surface area contributed by atoms with E-state index in [0.717, 1.165) is 37.6 Å². The zero-order valence-corrected chi connectivity index (χ0v) is 23.8. The van der Waals surface area contributed by atoms with Gasteiger partial charge in [-0.25, -0.2) is 4.79 Å². The first-order valence-electron chi connectivity index (χ1n) is 13.4. The van der Waals surface area contributed by atoms with Gasteiger partial charge in [0, 0.05) is 12.9 Å². The molecule has 3 rings (SSSR count). The van der Waals surface area contributed by atoms with Crippen molar-refractivity contribution >= 4 is 23.6 Å². The lowest BCUT2D eigenvalue weighted by atomic mass is 9.91. The molecule has 39 heavy (non-hydrogen) atoms. The highest BCUT2D eigenvalue weighted by Crippen LogP contribution is 2.31. The summed E-state index contributed by atoms with van der Waals surface area (Å²) in [6, 6.07) is 5.55. The van der Waals surface area contributed by atoms with Crippen molar-refractivity contribution < 1.29 is 43.9 Å². The lowest BCUT2D eigenvalue weighted by Gasteiger charge is -2.44. The molecule has 2 saturated heterocycles. The second kappa shape index (κ2) is 15.2. The van der Waals surface area contributed by atoms with E-state index in [-0.39, 0.29) is 24.3 Å². The van der Waals surface area contributed by atoms with Crippen molar-refractivity contribution in [2.24, 2.45) is 5.92 Å². The van der Waals surface area contributed by atoms with Gasteiger partial charge < -0.3 is 44.9 Å². The van der Waals surface area contributed by atoms with Gasteiger partial charge in [-0.05, 0) is 44.4 Å². The van der Waals surface area contributed by atoms with E-state index in [4.69, 9.17) is 18.9 Å². The summed E-state index contributed by atoms with van der Waals surface area (Å²) in [5, 5.41) is 38.2. The average Bonchev–Trinajstić information content (AvgIpc) is 3.42. The Bertz CT molecular complexity index is 938. The first-order chi connectivity index (χ1) is 18.7. The van der Waals surface area contributed by atoms with Gasteiger partial charge in [0.15, 0.2) is 0 Å². The standard InChI is InChI=1S/C27H42N2O9S/c1-5-8-16-13-18(28-14-16)25(33)29-20(15(2)35-3)24-22(31)21(30)23(32)27(38-24)39-12-11-37-26(34)17-9-6-7-10-19(17)36-4/h6-7,9-10,15-16,18,20-24,27-28,30-32H,5,8,11-14H2,1-4H3,(H,29,33)/t15-,16-,18+,20-,21+,22-,23-,24-,27-/m1/s1. The number of aliphatic hydroxyl groups is 3. The Morgan fingerprint density at radius 2 is 1.92 bits per heavy atom. The van der Waals surface area contributed by atoms with Crippen LogP contribution in [0.3, 0.4) is 0 Å². The molecule has 0 saturated carbocycles. The number of thioether (sulfide) groups is 1. The van der Waals surface area contributed by atoms with Crippen LogP contribution in [0.25, 0.3) is 0 Å². The van der Waals surface area contributed by atoms with E-state index in [2.05, 4.69) is 17.6 Å². The minimum atomic E-state index is -1.51. The van der Waals surface area contributed by atoms with Crippen LogP contribution in [0, 0.1) is 5.92 Å². The monoisotopic (exact) mass is 570 g/mol. The molecule has 2 aliphatic rings. The number of hydrogen-bond acceptors (Lipinski definition) is 11. The van der Waals surface area contributed by atoms with Crippen LogP contribution >= 0.6 is 11.8 Å². The fraction of sp³-hybridized carbons (Fsp3) is 0.704. The van der Waals surface area contributed by atoms with Crippen LogP contribution in [0.15, 0.2) is 24.3 Å². The van der Waals surface area contributed by atoms with Gasteiger partial charge in [-0.3, -0.25) is 4.79 Å². The molecule has 0 spiro atoms. The molecular weight excluding hydrogens is 528 g/mol. The average molecular weight is 571 g/mol. The Kier molecular flexibility index (Phi) is 12.3. The van der Waals surface area contributed by atoms with Crippen LogP contribution in [0.5, 0.6) is 5.75 Å². The Morgan fingerprint density at radius 3 is 2.62 bits per heavy atom. The summed E-state index contributed by atoms with van der Waals surface area (Å²) in [6.07, 6.45) is -3.19. The van der Waals surface area contributed by atoms with Crippen molar-refractivity contribution in [3.05, 3.63) is 29.8 Å². The molecular formula is C27H42N2O9S. The van der Waals surface area contributed by atoms with Crippen LogP contribution in [0.4, 0.5) is 0 Å². The minimum Gasteiger partial charge on any atom is -0.496 e. The lowest BCUT2D eigenvalue weighted by molar-refractivity contribution is -0.212. The SMILES string of the molecule is CCC[C@H]1CN[C@H](C(=O)N[C@@H]([C@H]2O[C@H](SCCOC(=O)c3ccccc3OC)[C@H](O)[C@@H](O)[C@H]2O)[C@@H](C)OC)C1. The van der Waals surface area contributed by atoms with Crippen LogP contribution in [0.2, 0.25) is 0 Å². The molecule has 12 heteroatoms. The molecule has 0 bridgehead atoms. The number of benzene rings is 1. The summed E-state index contributed by atoms with van der Waals surface area (Å²) in [6.45, 7) is 4.63. The third kappa shape index (κ3) is 8.06. The number of aliphatic hydroxyl groups excluding tert-OH is 3. The van der Waals surface area contributed by atoms with Gasteiger partial charge in [-0.2, -0.15) is 0 Å². The normalized spacial score (nSPS) is 30.4. The first-order valence-corrected chi connectivity index (χ1v) is 14.4. The van der Waals surface area contributed by atoms with Gasteiger partial charge in [0.2, 0.25) is 5.91 Å². The van der Waals surface area contributed by atoms with E-state index < -0.39 is 48.0 Å². The summed E-state index contributed by atoms with van der Waals surface area (Å²) in [7, 11) is 2.95. The zero-order valence-electron chi connectivity index (χ0n) is 22.9. The highest BCUT2D eigenvalue weighted by molar-refractivity contribution is 7.99. The Labute approximate surface area is 233 Å². The number of para-hydroxylation sites is 1. The molecule has 1 aromatic carbocycles. The molecule has 0 unspecified atom stereocenters. The van der Waals surface area contributed by atoms with Crippen molar-refractivity contribution in [3.8, 4) is 5.75 Å². The second-order valence-corrected chi connectivity index (χ2v) is 11.2. The molecule has 0 radical (unpaired) electrons. The van der Waals surface area contributed by atoms with Gasteiger partial charge in [0.25, 0.3) is 0 Å². The summed E-state index contributed by atoms with van der Waals surface area (Å²) in [5.41, 5.74) is -0.650. The van der Waals surface area contributed by atoms with Crippen molar-refractivity contribution in [2.45, 2.75) is 81.1 Å². The third-order valence-electron chi connectivity index (χ3n) is 7.31. The minimum absolute atomic E-state index is 0.0123. The van der Waals surface area contributed by atoms with Crippen LogP contribution in [-0.2, 0) is 19.0 Å². The van der Waals surface area contributed by atoms with E-state index >= 15 is 0 Å². The summed E-state index contributed by atoms with van der Waals surface area (Å²) >= 11 is 1.13. The number of esters is 1. The van der Waals surface area contributed by atoms with E-state index in [0.29, 0.717) is 17.2 Å². The van der Waals surface area contributed by atoms with Crippen molar-refractivity contribution in [3.63, 3.8) is 0 Å². The first kappa shape index (κ1) is 31.6. The molecule has 2 aliphatic heterocycles. The number of carbonyl (C=O) groups excluding carboxylic acids is 2. The lowest BCUT2D eigenvalue weighted by Crippen LogP contribution is -2.66. The number of nitrogens with one attached hydrogen (secondary N) is 2. The molecule has 220 valence electrons. The van der Waals surface area contributed by atoms with Gasteiger partial charge in [0.1, 0.15) is 47.8 Å². The van der Waals surface area contributed by atoms with E-state index in [1.54, 1.807) is 31.2 Å². The predicted octanol–water partition coefficient (Wildman–Crippen LogP) is 0.691. The largest absolute Gasteiger partial charge is 0.496 e. The molecule has 0 aliphatic carbocycles. The van der Waals surface area contributed by atoms with Crippen LogP contribution < -0.4 is 15.4 Å². The number of ether oxygens (including phenoxy) is 4. The molecule has 2 fully saturated rings. The maximum absolute atomic E-state index is 13.1. The molecule has 1 amide bonds. The van der Waals surface area contributed by atoms with E-state index in [9.17, 15) is 24.9 Å². The quantitative estimate of drug-likeness (QED) is 0.168. The Morgan fingerprint density at radius 1 is 1.18 bits per heavy atom. The number of hydrogen-bond donors (Lipinski definition) is 5. The molecule has 2 heterocycles.